The number of hydrogen-bond donors (Lipinski definition) is 1. The molecule has 0 fully saturated rings. The number of hydrogen-bond acceptors (Lipinski definition) is 4. The van der Waals surface area contributed by atoms with E-state index in [9.17, 15) is 14.4 Å². The largest absolute Gasteiger partial charge is 0.481 e. The van der Waals surface area contributed by atoms with Crippen LogP contribution < -0.4 is 4.74 Å². The second-order valence-electron chi connectivity index (χ2n) is 4.59. The molecule has 5 nitrogen and oxygen atoms in total. The van der Waals surface area contributed by atoms with Crippen molar-refractivity contribution < 1.29 is 24.2 Å². The average Bonchev–Trinajstić information content (AvgIpc) is 2.42. The topological polar surface area (TPSA) is 80.7 Å². The molecule has 0 aliphatic rings. The molecule has 0 amide bonds. The fourth-order valence-electron chi connectivity index (χ4n) is 1.77. The Kier molecular flexibility index (Phi) is 5.43. The van der Waals surface area contributed by atoms with Crippen molar-refractivity contribution in [1.29, 1.82) is 0 Å². The zero-order valence-corrected chi connectivity index (χ0v) is 11.8. The number of Topliss-reactive ketones (excluding diaryl/α,β-unsaturated/α-hetero) is 2. The molecular formula is C15H18O5. The van der Waals surface area contributed by atoms with E-state index in [4.69, 9.17) is 9.84 Å². The van der Waals surface area contributed by atoms with Gasteiger partial charge < -0.3 is 9.84 Å². The number of carboxylic acids is 1. The summed E-state index contributed by atoms with van der Waals surface area (Å²) in [5.74, 6) is -1.72. The number of rotatable bonds is 7. The molecular weight excluding hydrogens is 260 g/mol. The number of aliphatic carboxylic acids is 1. The molecule has 0 spiro atoms. The second-order valence-corrected chi connectivity index (χ2v) is 4.59. The van der Waals surface area contributed by atoms with Gasteiger partial charge in [-0.25, -0.2) is 4.79 Å². The number of carbonyl (C=O) groups excluding carboxylic acids is 2. The van der Waals surface area contributed by atoms with Crippen LogP contribution in [0.25, 0.3) is 0 Å². The van der Waals surface area contributed by atoms with Crippen molar-refractivity contribution in [2.45, 2.75) is 27.2 Å². The van der Waals surface area contributed by atoms with Gasteiger partial charge >= 0.3 is 5.97 Å². The third-order valence-corrected chi connectivity index (χ3v) is 3.06. The van der Waals surface area contributed by atoms with Crippen LogP contribution >= 0.6 is 0 Å². The summed E-state index contributed by atoms with van der Waals surface area (Å²) in [4.78, 5) is 34.6. The first-order valence-corrected chi connectivity index (χ1v) is 6.41. The highest BCUT2D eigenvalue weighted by Gasteiger charge is 2.23. The quantitative estimate of drug-likeness (QED) is 0.775. The minimum Gasteiger partial charge on any atom is -0.481 e. The Morgan fingerprint density at radius 1 is 1.30 bits per heavy atom. The van der Waals surface area contributed by atoms with E-state index in [1.165, 1.54) is 13.0 Å². The van der Waals surface area contributed by atoms with Crippen LogP contribution in [0.15, 0.2) is 18.2 Å². The first-order chi connectivity index (χ1) is 9.38. The monoisotopic (exact) mass is 278 g/mol. The maximum atomic E-state index is 12.4. The van der Waals surface area contributed by atoms with Crippen molar-refractivity contribution in [1.82, 2.24) is 0 Å². The highest BCUT2D eigenvalue weighted by atomic mass is 16.5. The smallest absolute Gasteiger partial charge is 0.341 e. The Morgan fingerprint density at radius 3 is 2.45 bits per heavy atom. The van der Waals surface area contributed by atoms with Gasteiger partial charge in [-0.2, -0.15) is 0 Å². The van der Waals surface area contributed by atoms with Crippen LogP contribution in [0.3, 0.4) is 0 Å². The van der Waals surface area contributed by atoms with Gasteiger partial charge in [0.15, 0.2) is 18.2 Å². The maximum absolute atomic E-state index is 12.4. The summed E-state index contributed by atoms with van der Waals surface area (Å²) in [6.45, 7) is 4.45. The SMILES string of the molecule is CCC(C)C(=O)c1c(OCC(=O)O)cccc1C(C)=O. The number of ketones is 2. The van der Waals surface area contributed by atoms with E-state index in [2.05, 4.69) is 0 Å². The molecule has 0 aliphatic heterocycles. The Morgan fingerprint density at radius 2 is 1.95 bits per heavy atom. The fourth-order valence-corrected chi connectivity index (χ4v) is 1.77. The van der Waals surface area contributed by atoms with Crippen LogP contribution in [0.2, 0.25) is 0 Å². The zero-order valence-electron chi connectivity index (χ0n) is 11.8. The normalized spacial score (nSPS) is 11.8. The minimum absolute atomic E-state index is 0.144. The van der Waals surface area contributed by atoms with Crippen LogP contribution in [0.4, 0.5) is 0 Å². The molecule has 1 aromatic rings. The Hall–Kier alpha value is -2.17. The Balaban J connectivity index is 3.29. The lowest BCUT2D eigenvalue weighted by atomic mass is 9.91. The maximum Gasteiger partial charge on any atom is 0.341 e. The number of carbonyl (C=O) groups is 3. The van der Waals surface area contributed by atoms with Gasteiger partial charge in [0, 0.05) is 11.5 Å². The van der Waals surface area contributed by atoms with Crippen molar-refractivity contribution in [3.63, 3.8) is 0 Å². The lowest BCUT2D eigenvalue weighted by Gasteiger charge is -2.15. The van der Waals surface area contributed by atoms with E-state index >= 15 is 0 Å². The van der Waals surface area contributed by atoms with Crippen molar-refractivity contribution in [3.8, 4) is 5.75 Å². The predicted octanol–water partition coefficient (Wildman–Crippen LogP) is 2.58. The summed E-state index contributed by atoms with van der Waals surface area (Å²) in [7, 11) is 0. The van der Waals surface area contributed by atoms with E-state index in [1.54, 1.807) is 19.1 Å². The van der Waals surface area contributed by atoms with Crippen molar-refractivity contribution in [2.75, 3.05) is 6.61 Å². The summed E-state index contributed by atoms with van der Waals surface area (Å²) < 4.78 is 5.13. The summed E-state index contributed by atoms with van der Waals surface area (Å²) in [6, 6.07) is 4.62. The van der Waals surface area contributed by atoms with E-state index in [0.29, 0.717) is 6.42 Å². The van der Waals surface area contributed by atoms with Gasteiger partial charge in [-0.1, -0.05) is 26.0 Å². The molecule has 1 aromatic carbocycles. The van der Waals surface area contributed by atoms with Crippen molar-refractivity contribution in [2.24, 2.45) is 5.92 Å². The van der Waals surface area contributed by atoms with Crippen LogP contribution in [-0.4, -0.2) is 29.2 Å². The second kappa shape index (κ2) is 6.84. The van der Waals surface area contributed by atoms with Crippen LogP contribution in [0.1, 0.15) is 47.9 Å². The van der Waals surface area contributed by atoms with E-state index in [1.807, 2.05) is 6.92 Å². The number of benzene rings is 1. The van der Waals surface area contributed by atoms with E-state index in [-0.39, 0.29) is 34.4 Å². The first kappa shape index (κ1) is 15.9. The molecule has 1 unspecified atom stereocenters. The Bertz CT molecular complexity index is 533. The van der Waals surface area contributed by atoms with E-state index < -0.39 is 12.6 Å². The highest BCUT2D eigenvalue weighted by Crippen LogP contribution is 2.27. The molecule has 0 saturated heterocycles. The van der Waals surface area contributed by atoms with Gasteiger partial charge in [-0.15, -0.1) is 0 Å². The minimum atomic E-state index is -1.14. The molecule has 1 N–H and O–H groups in total. The summed E-state index contributed by atoms with van der Waals surface area (Å²) >= 11 is 0. The molecule has 0 aliphatic carbocycles. The summed E-state index contributed by atoms with van der Waals surface area (Å²) in [5.41, 5.74) is 0.439. The molecule has 20 heavy (non-hydrogen) atoms. The van der Waals surface area contributed by atoms with Gasteiger partial charge in [-0.3, -0.25) is 9.59 Å². The van der Waals surface area contributed by atoms with Gasteiger partial charge in [-0.05, 0) is 19.4 Å². The third kappa shape index (κ3) is 3.66. The standard InChI is InChI=1S/C15H18O5/c1-4-9(2)15(19)14-11(10(3)16)6-5-7-12(14)20-8-13(17)18/h5-7,9H,4,8H2,1-3H3,(H,17,18). The van der Waals surface area contributed by atoms with Gasteiger partial charge in [0.1, 0.15) is 5.75 Å². The van der Waals surface area contributed by atoms with Crippen LogP contribution in [0, 0.1) is 5.92 Å². The van der Waals surface area contributed by atoms with E-state index in [0.717, 1.165) is 0 Å². The molecule has 5 heteroatoms. The zero-order chi connectivity index (χ0) is 15.3. The third-order valence-electron chi connectivity index (χ3n) is 3.06. The van der Waals surface area contributed by atoms with Crippen LogP contribution in [-0.2, 0) is 4.79 Å². The fraction of sp³-hybridized carbons (Fsp3) is 0.400. The van der Waals surface area contributed by atoms with Gasteiger partial charge in [0.2, 0.25) is 0 Å². The predicted molar refractivity (Wildman–Crippen MR) is 73.4 cm³/mol. The van der Waals surface area contributed by atoms with Crippen LogP contribution in [0.5, 0.6) is 5.75 Å². The molecule has 0 saturated carbocycles. The number of carboxylic acid groups (broad SMARTS) is 1. The van der Waals surface area contributed by atoms with Crippen molar-refractivity contribution in [3.05, 3.63) is 29.3 Å². The van der Waals surface area contributed by atoms with Crippen molar-refractivity contribution >= 4 is 17.5 Å². The summed E-state index contributed by atoms with van der Waals surface area (Å²) in [6.07, 6.45) is 0.628. The average molecular weight is 278 g/mol. The lowest BCUT2D eigenvalue weighted by Crippen LogP contribution is -2.18. The summed E-state index contributed by atoms with van der Waals surface area (Å²) in [5, 5.41) is 8.66. The first-order valence-electron chi connectivity index (χ1n) is 6.41. The molecule has 0 heterocycles. The molecule has 0 bridgehead atoms. The highest BCUT2D eigenvalue weighted by molar-refractivity contribution is 6.10. The molecule has 1 rings (SSSR count). The molecule has 0 radical (unpaired) electrons. The molecule has 1 atom stereocenters. The van der Waals surface area contributed by atoms with Gasteiger partial charge in [0.25, 0.3) is 0 Å². The number of ether oxygens (including phenoxy) is 1. The molecule has 108 valence electrons. The molecule has 0 aromatic heterocycles. The van der Waals surface area contributed by atoms with Gasteiger partial charge in [0.05, 0.1) is 5.56 Å². The Labute approximate surface area is 117 Å². The lowest BCUT2D eigenvalue weighted by molar-refractivity contribution is -0.139.